The van der Waals surface area contributed by atoms with Crippen molar-refractivity contribution in [1.29, 1.82) is 0 Å². The van der Waals surface area contributed by atoms with E-state index in [1.54, 1.807) is 25.3 Å². The van der Waals surface area contributed by atoms with Gasteiger partial charge < -0.3 is 20.3 Å². The number of nitrogens with zero attached hydrogens (tertiary/aromatic N) is 2. The molecule has 0 radical (unpaired) electrons. The molecule has 0 spiro atoms. The number of halogens is 2. The number of anilines is 2. The number of nitrogens with one attached hydrogen (secondary N) is 2. The van der Waals surface area contributed by atoms with Gasteiger partial charge in [-0.3, -0.25) is 14.4 Å². The van der Waals surface area contributed by atoms with Crippen molar-refractivity contribution in [1.82, 2.24) is 10.3 Å². The first-order chi connectivity index (χ1) is 24.5. The second kappa shape index (κ2) is 14.7. The van der Waals surface area contributed by atoms with E-state index < -0.39 is 5.91 Å². The summed E-state index contributed by atoms with van der Waals surface area (Å²) >= 11 is 13.3. The maximum Gasteiger partial charge on any atom is 0.246 e. The summed E-state index contributed by atoms with van der Waals surface area (Å²) in [5, 5.41) is 7.36. The Morgan fingerprint density at radius 3 is 2.35 bits per heavy atom. The molecule has 0 aliphatic heterocycles. The van der Waals surface area contributed by atoms with Crippen LogP contribution in [-0.4, -0.2) is 36.3 Å². The lowest BCUT2D eigenvalue weighted by Gasteiger charge is -2.56. The topological polar surface area (TPSA) is 101 Å². The summed E-state index contributed by atoms with van der Waals surface area (Å²) in [5.41, 5.74) is 4.31. The zero-order valence-corrected chi connectivity index (χ0v) is 30.4. The lowest BCUT2D eigenvalue weighted by atomic mass is 9.49. The van der Waals surface area contributed by atoms with Crippen LogP contribution in [-0.2, 0) is 21.0 Å². The van der Waals surface area contributed by atoms with Crippen LogP contribution >= 0.6 is 23.2 Å². The third kappa shape index (κ3) is 7.92. The highest BCUT2D eigenvalue weighted by atomic mass is 35.5. The van der Waals surface area contributed by atoms with Gasteiger partial charge in [0.05, 0.1) is 17.3 Å². The number of likely N-dealkylation sites (N-methyl/N-ethyl adjacent to an activating group) is 1. The fourth-order valence-corrected chi connectivity index (χ4v) is 9.44. The summed E-state index contributed by atoms with van der Waals surface area (Å²) in [5.74, 6) is 2.35. The molecule has 4 bridgehead atoms. The molecular weight excluding hydrogens is 683 g/mol. The molecule has 10 heteroatoms. The van der Waals surface area contributed by atoms with Crippen molar-refractivity contribution in [2.45, 2.75) is 58.5 Å². The number of carbonyl (C=O) groups excluding carboxylic acids is 3. The second-order valence-electron chi connectivity index (χ2n) is 14.7. The molecular formula is C41H42Cl2N4O4. The Kier molecular flexibility index (Phi) is 10.1. The molecule has 2 N–H and O–H groups in total. The highest BCUT2D eigenvalue weighted by molar-refractivity contribution is 6.38. The van der Waals surface area contributed by atoms with E-state index in [4.69, 9.17) is 27.9 Å². The first-order valence-corrected chi connectivity index (χ1v) is 18.4. The lowest BCUT2D eigenvalue weighted by Crippen LogP contribution is -2.47. The van der Waals surface area contributed by atoms with Crippen molar-refractivity contribution in [3.05, 3.63) is 99.7 Å². The molecule has 3 amide bonds. The summed E-state index contributed by atoms with van der Waals surface area (Å²) in [4.78, 5) is 44.7. The number of rotatable bonds is 11. The predicted octanol–water partition coefficient (Wildman–Crippen LogP) is 8.77. The van der Waals surface area contributed by atoms with Gasteiger partial charge in [0.15, 0.2) is 0 Å². The zero-order valence-electron chi connectivity index (χ0n) is 28.9. The molecule has 1 heterocycles. The molecule has 4 aromatic rings. The highest BCUT2D eigenvalue weighted by Crippen LogP contribution is 2.61. The normalized spacial score (nSPS) is 21.9. The standard InChI is InChI=1S/C41H42Cl2N4O4/c1-25-6-10-30-4-3-5-35(40(30)45-25)51-24-32-33(42)13-14-34(39(32)43)47(2)38(50)23-44-36(48)15-9-26-7-11-31(12-8-26)46-37(49)22-41-19-27-16-28(20-41)18-29(17-27)21-41/h3-15,27-29H,16-24H2,1-2H3,(H,44,48)(H,46,49)/b15-9+. The van der Waals surface area contributed by atoms with Crippen LogP contribution in [0.25, 0.3) is 17.0 Å². The Morgan fingerprint density at radius 1 is 0.941 bits per heavy atom. The minimum absolute atomic E-state index is 0.0684. The van der Waals surface area contributed by atoms with Gasteiger partial charge in [-0.05, 0) is 117 Å². The maximum absolute atomic E-state index is 13.1. The number of ether oxygens (including phenoxy) is 1. The Balaban J connectivity index is 0.898. The van der Waals surface area contributed by atoms with Crippen LogP contribution in [0.1, 0.15) is 61.8 Å². The van der Waals surface area contributed by atoms with Crippen LogP contribution in [0.15, 0.2) is 72.8 Å². The SMILES string of the molecule is Cc1ccc2cccc(OCc3c(Cl)ccc(N(C)C(=O)CNC(=O)/C=C/c4ccc(NC(=O)CC56CC7CC(CC(C7)C5)C6)cc4)c3Cl)c2n1. The quantitative estimate of drug-likeness (QED) is 0.151. The van der Waals surface area contributed by atoms with Gasteiger partial charge in [0, 0.05) is 46.9 Å². The van der Waals surface area contributed by atoms with Crippen molar-refractivity contribution in [2.75, 3.05) is 23.8 Å². The van der Waals surface area contributed by atoms with Gasteiger partial charge >= 0.3 is 0 Å². The number of fused-ring (bicyclic) bond motifs is 1. The molecule has 0 saturated heterocycles. The molecule has 4 aliphatic carbocycles. The Hall–Kier alpha value is -4.40. The summed E-state index contributed by atoms with van der Waals surface area (Å²) in [6, 6.07) is 20.4. The first-order valence-electron chi connectivity index (χ1n) is 17.6. The number of amides is 3. The number of aryl methyl sites for hydroxylation is 1. The minimum Gasteiger partial charge on any atom is -0.487 e. The van der Waals surface area contributed by atoms with E-state index in [-0.39, 0.29) is 35.4 Å². The second-order valence-corrected chi connectivity index (χ2v) is 15.5. The molecule has 4 aliphatic rings. The molecule has 0 atom stereocenters. The number of pyridine rings is 1. The summed E-state index contributed by atoms with van der Waals surface area (Å²) in [6.45, 7) is 1.75. The highest BCUT2D eigenvalue weighted by Gasteiger charge is 2.51. The van der Waals surface area contributed by atoms with Gasteiger partial charge in [-0.25, -0.2) is 4.98 Å². The van der Waals surface area contributed by atoms with Gasteiger partial charge in [-0.1, -0.05) is 53.5 Å². The van der Waals surface area contributed by atoms with Crippen LogP contribution in [0.3, 0.4) is 0 Å². The number of hydrogen-bond acceptors (Lipinski definition) is 5. The molecule has 4 saturated carbocycles. The molecule has 1 aromatic heterocycles. The first kappa shape index (κ1) is 35.0. The largest absolute Gasteiger partial charge is 0.487 e. The molecule has 8 nitrogen and oxygen atoms in total. The van der Waals surface area contributed by atoms with Crippen molar-refractivity contribution in [2.24, 2.45) is 23.2 Å². The summed E-state index contributed by atoms with van der Waals surface area (Å²) < 4.78 is 6.11. The van der Waals surface area contributed by atoms with E-state index in [2.05, 4.69) is 15.6 Å². The lowest BCUT2D eigenvalue weighted by molar-refractivity contribution is -0.124. The van der Waals surface area contributed by atoms with Gasteiger partial charge in [-0.15, -0.1) is 0 Å². The monoisotopic (exact) mass is 724 g/mol. The van der Waals surface area contributed by atoms with Crippen LogP contribution in [0.5, 0.6) is 5.75 Å². The summed E-state index contributed by atoms with van der Waals surface area (Å²) in [6.07, 6.45) is 11.4. The number of hydrogen-bond donors (Lipinski definition) is 2. The minimum atomic E-state index is -0.417. The third-order valence-electron chi connectivity index (χ3n) is 10.8. The number of aromatic nitrogens is 1. The summed E-state index contributed by atoms with van der Waals surface area (Å²) in [7, 11) is 1.59. The molecule has 264 valence electrons. The van der Waals surface area contributed by atoms with E-state index in [0.717, 1.165) is 45.6 Å². The number of carbonyl (C=O) groups is 3. The maximum atomic E-state index is 13.1. The molecule has 0 unspecified atom stereocenters. The van der Waals surface area contributed by atoms with Crippen LogP contribution in [0.4, 0.5) is 11.4 Å². The van der Waals surface area contributed by atoms with Gasteiger partial charge in [0.1, 0.15) is 17.9 Å². The van der Waals surface area contributed by atoms with E-state index in [1.807, 2.05) is 61.5 Å². The third-order valence-corrected chi connectivity index (χ3v) is 11.6. The molecule has 8 rings (SSSR count). The van der Waals surface area contributed by atoms with Crippen LogP contribution < -0.4 is 20.3 Å². The van der Waals surface area contributed by atoms with Crippen molar-refractivity contribution in [3.63, 3.8) is 0 Å². The smallest absolute Gasteiger partial charge is 0.246 e. The van der Waals surface area contributed by atoms with Gasteiger partial charge in [-0.2, -0.15) is 0 Å². The average Bonchev–Trinajstić information content (AvgIpc) is 3.09. The number of benzene rings is 3. The van der Waals surface area contributed by atoms with Crippen LogP contribution in [0, 0.1) is 30.1 Å². The molecule has 3 aromatic carbocycles. The Bertz CT molecular complexity index is 1980. The predicted molar refractivity (Wildman–Crippen MR) is 203 cm³/mol. The van der Waals surface area contributed by atoms with Gasteiger partial charge in [0.2, 0.25) is 17.7 Å². The van der Waals surface area contributed by atoms with Crippen molar-refractivity contribution in [3.8, 4) is 5.75 Å². The van der Waals surface area contributed by atoms with E-state index in [0.29, 0.717) is 28.4 Å². The van der Waals surface area contributed by atoms with E-state index in [1.165, 1.54) is 49.5 Å². The fourth-order valence-electron chi connectivity index (χ4n) is 8.84. The van der Waals surface area contributed by atoms with Crippen LogP contribution in [0.2, 0.25) is 10.0 Å². The average molecular weight is 726 g/mol. The van der Waals surface area contributed by atoms with Crippen molar-refractivity contribution >= 4 is 69.3 Å². The van der Waals surface area contributed by atoms with Gasteiger partial charge in [0.25, 0.3) is 0 Å². The fraction of sp³-hybridized carbons (Fsp3) is 0.366. The Labute approximate surface area is 308 Å². The van der Waals surface area contributed by atoms with Crippen molar-refractivity contribution < 1.29 is 19.1 Å². The Morgan fingerprint density at radius 2 is 1.65 bits per heavy atom. The molecule has 4 fully saturated rings. The van der Waals surface area contributed by atoms with E-state index in [9.17, 15) is 14.4 Å². The number of para-hydroxylation sites is 1. The molecule has 51 heavy (non-hydrogen) atoms. The zero-order chi connectivity index (χ0) is 35.7. The van der Waals surface area contributed by atoms with E-state index >= 15 is 0 Å².